The summed E-state index contributed by atoms with van der Waals surface area (Å²) in [5.41, 5.74) is 8.48. The third-order valence-corrected chi connectivity index (χ3v) is 6.10. The summed E-state index contributed by atoms with van der Waals surface area (Å²) in [5, 5.41) is 0. The molecule has 4 aromatic rings. The largest absolute Gasteiger partial charge is 0.492 e. The normalized spacial score (nSPS) is 12.9. The molecule has 5 nitrogen and oxygen atoms in total. The maximum absolute atomic E-state index is 12.1. The van der Waals surface area contributed by atoms with Crippen molar-refractivity contribution in [2.24, 2.45) is 0 Å². The first-order valence-corrected chi connectivity index (χ1v) is 11.3. The Morgan fingerprint density at radius 1 is 0.879 bits per heavy atom. The molecule has 33 heavy (non-hydrogen) atoms. The topological polar surface area (TPSA) is 58.2 Å². The van der Waals surface area contributed by atoms with Gasteiger partial charge < -0.3 is 14.6 Å². The molecule has 0 atom stereocenters. The minimum Gasteiger partial charge on any atom is -0.492 e. The van der Waals surface area contributed by atoms with E-state index in [2.05, 4.69) is 45.2 Å². The van der Waals surface area contributed by atoms with E-state index in [0.717, 1.165) is 63.5 Å². The van der Waals surface area contributed by atoms with Gasteiger partial charge in [0.2, 0.25) is 0 Å². The number of ketones is 1. The molecule has 5 heteroatoms. The van der Waals surface area contributed by atoms with Crippen LogP contribution >= 0.6 is 0 Å². The predicted octanol–water partition coefficient (Wildman–Crippen LogP) is 5.48. The van der Waals surface area contributed by atoms with Crippen LogP contribution in [0.2, 0.25) is 0 Å². The summed E-state index contributed by atoms with van der Waals surface area (Å²) in [6.07, 6.45) is 5.04. The number of aryl methyl sites for hydroxylation is 1. The molecule has 5 rings (SSSR count). The number of nitrogens with zero attached hydrogens (tertiary/aromatic N) is 2. The van der Waals surface area contributed by atoms with E-state index < -0.39 is 0 Å². The molecular formula is C28H27N3O2. The molecule has 0 amide bonds. The van der Waals surface area contributed by atoms with Crippen LogP contribution in [0.15, 0.2) is 73.1 Å². The molecule has 0 saturated carbocycles. The van der Waals surface area contributed by atoms with E-state index in [1.807, 2.05) is 44.4 Å². The monoisotopic (exact) mass is 437 g/mol. The van der Waals surface area contributed by atoms with Crippen LogP contribution in [0.5, 0.6) is 5.75 Å². The molecule has 0 spiro atoms. The molecule has 1 aliphatic carbocycles. The second-order valence-corrected chi connectivity index (χ2v) is 8.68. The highest BCUT2D eigenvalue weighted by Gasteiger charge is 2.21. The Hall–Kier alpha value is -3.70. The zero-order valence-electron chi connectivity index (χ0n) is 19.0. The van der Waals surface area contributed by atoms with Gasteiger partial charge in [-0.25, -0.2) is 0 Å². The maximum Gasteiger partial charge on any atom is 0.163 e. The minimum atomic E-state index is 0.244. The molecule has 0 bridgehead atoms. The van der Waals surface area contributed by atoms with Gasteiger partial charge in [-0.2, -0.15) is 0 Å². The molecule has 166 valence electrons. The van der Waals surface area contributed by atoms with Gasteiger partial charge >= 0.3 is 0 Å². The van der Waals surface area contributed by atoms with Gasteiger partial charge in [-0.3, -0.25) is 9.78 Å². The Kier molecular flexibility index (Phi) is 5.80. The number of pyridine rings is 1. The smallest absolute Gasteiger partial charge is 0.163 e. The fourth-order valence-corrected chi connectivity index (χ4v) is 4.28. The van der Waals surface area contributed by atoms with Crippen LogP contribution in [0, 0.1) is 0 Å². The van der Waals surface area contributed by atoms with Crippen LogP contribution in [-0.2, 0) is 6.42 Å². The van der Waals surface area contributed by atoms with Crippen molar-refractivity contribution in [2.45, 2.75) is 12.8 Å². The molecule has 2 heterocycles. The highest BCUT2D eigenvalue weighted by atomic mass is 16.5. The number of H-pyrrole nitrogens is 1. The van der Waals surface area contributed by atoms with Gasteiger partial charge in [0.1, 0.15) is 12.4 Å². The van der Waals surface area contributed by atoms with Gasteiger partial charge in [-0.1, -0.05) is 18.2 Å². The minimum absolute atomic E-state index is 0.244. The summed E-state index contributed by atoms with van der Waals surface area (Å²) in [5.74, 6) is 1.11. The summed E-state index contributed by atoms with van der Waals surface area (Å²) in [4.78, 5) is 22.0. The zero-order chi connectivity index (χ0) is 22.8. The summed E-state index contributed by atoms with van der Waals surface area (Å²) < 4.78 is 5.84. The molecule has 1 N–H and O–H groups in total. The summed E-state index contributed by atoms with van der Waals surface area (Å²) in [6.45, 7) is 1.54. The Bertz CT molecular complexity index is 1270. The van der Waals surface area contributed by atoms with Gasteiger partial charge in [-0.05, 0) is 79.7 Å². The first kappa shape index (κ1) is 21.2. The molecule has 0 radical (unpaired) electrons. The van der Waals surface area contributed by atoms with E-state index in [0.29, 0.717) is 13.0 Å². The Morgan fingerprint density at radius 2 is 1.64 bits per heavy atom. The van der Waals surface area contributed by atoms with Crippen LogP contribution in [0.4, 0.5) is 0 Å². The second-order valence-electron chi connectivity index (χ2n) is 8.68. The van der Waals surface area contributed by atoms with Crippen LogP contribution in [-0.4, -0.2) is 47.9 Å². The Labute approximate surface area is 194 Å². The third-order valence-electron chi connectivity index (χ3n) is 6.10. The zero-order valence-corrected chi connectivity index (χ0v) is 19.0. The average Bonchev–Trinajstić information content (AvgIpc) is 3.44. The standard InChI is InChI=1S/C28H27N3O2/c1-31(2)15-16-33-23-7-3-19(4-8-23)26-18-25(28(30-26)20-11-13-29-14-12-20)22-5-9-24-21(17-22)6-10-27(24)32/h3-5,7-9,11-14,17-18,30H,6,10,15-16H2,1-2H3. The van der Waals surface area contributed by atoms with Crippen LogP contribution < -0.4 is 4.74 Å². The number of aromatic amines is 1. The van der Waals surface area contributed by atoms with Crippen molar-refractivity contribution in [3.8, 4) is 39.4 Å². The SMILES string of the molecule is CN(C)CCOc1ccc(-c2cc(-c3ccc4c(c3)CCC4=O)c(-c3ccncc3)[nH]2)cc1. The second kappa shape index (κ2) is 9.04. The van der Waals surface area contributed by atoms with Crippen molar-refractivity contribution in [3.63, 3.8) is 0 Å². The quantitative estimate of drug-likeness (QED) is 0.416. The van der Waals surface area contributed by atoms with Crippen molar-refractivity contribution in [1.29, 1.82) is 0 Å². The third kappa shape index (κ3) is 4.45. The van der Waals surface area contributed by atoms with Crippen LogP contribution in [0.1, 0.15) is 22.3 Å². The number of rotatable bonds is 7. The number of hydrogen-bond acceptors (Lipinski definition) is 4. The lowest BCUT2D eigenvalue weighted by molar-refractivity contribution is 0.0994. The van der Waals surface area contributed by atoms with Gasteiger partial charge in [0.15, 0.2) is 5.78 Å². The molecule has 0 fully saturated rings. The van der Waals surface area contributed by atoms with Crippen molar-refractivity contribution in [2.75, 3.05) is 27.2 Å². The number of Topliss-reactive ketones (excluding diaryl/α,β-unsaturated/α-hetero) is 1. The lowest BCUT2D eigenvalue weighted by atomic mass is 9.98. The van der Waals surface area contributed by atoms with E-state index in [-0.39, 0.29) is 5.78 Å². The number of carbonyl (C=O) groups excluding carboxylic acids is 1. The fourth-order valence-electron chi connectivity index (χ4n) is 4.28. The van der Waals surface area contributed by atoms with Crippen molar-refractivity contribution < 1.29 is 9.53 Å². The number of ether oxygens (including phenoxy) is 1. The number of hydrogen-bond donors (Lipinski definition) is 1. The van der Waals surface area contributed by atoms with E-state index in [1.165, 1.54) is 0 Å². The molecular weight excluding hydrogens is 410 g/mol. The number of carbonyl (C=O) groups is 1. The Morgan fingerprint density at radius 3 is 2.39 bits per heavy atom. The fraction of sp³-hybridized carbons (Fsp3) is 0.214. The van der Waals surface area contributed by atoms with E-state index in [1.54, 1.807) is 12.4 Å². The van der Waals surface area contributed by atoms with Gasteiger partial charge in [-0.15, -0.1) is 0 Å². The van der Waals surface area contributed by atoms with E-state index >= 15 is 0 Å². The Balaban J connectivity index is 1.50. The van der Waals surface area contributed by atoms with Crippen molar-refractivity contribution in [3.05, 3.63) is 84.2 Å². The first-order valence-electron chi connectivity index (χ1n) is 11.3. The van der Waals surface area contributed by atoms with Gasteiger partial charge in [0.25, 0.3) is 0 Å². The molecule has 0 aliphatic heterocycles. The van der Waals surface area contributed by atoms with Gasteiger partial charge in [0.05, 0.1) is 5.69 Å². The maximum atomic E-state index is 12.1. The highest BCUT2D eigenvalue weighted by molar-refractivity contribution is 6.01. The number of aromatic nitrogens is 2. The van der Waals surface area contributed by atoms with E-state index in [4.69, 9.17) is 4.74 Å². The van der Waals surface area contributed by atoms with Crippen molar-refractivity contribution >= 4 is 5.78 Å². The highest BCUT2D eigenvalue weighted by Crippen LogP contribution is 2.37. The number of nitrogens with one attached hydrogen (secondary N) is 1. The lowest BCUT2D eigenvalue weighted by Gasteiger charge is -2.11. The molecule has 0 saturated heterocycles. The van der Waals surface area contributed by atoms with Crippen LogP contribution in [0.25, 0.3) is 33.6 Å². The molecule has 1 aliphatic rings. The van der Waals surface area contributed by atoms with E-state index in [9.17, 15) is 4.79 Å². The lowest BCUT2D eigenvalue weighted by Crippen LogP contribution is -2.19. The first-order chi connectivity index (χ1) is 16.1. The number of benzene rings is 2. The summed E-state index contributed by atoms with van der Waals surface area (Å²) in [7, 11) is 4.07. The molecule has 0 unspecified atom stereocenters. The average molecular weight is 438 g/mol. The van der Waals surface area contributed by atoms with Crippen molar-refractivity contribution in [1.82, 2.24) is 14.9 Å². The van der Waals surface area contributed by atoms with Gasteiger partial charge in [0, 0.05) is 47.7 Å². The summed E-state index contributed by atoms with van der Waals surface area (Å²) in [6, 6.07) is 20.6. The predicted molar refractivity (Wildman–Crippen MR) is 132 cm³/mol. The number of fused-ring (bicyclic) bond motifs is 1. The number of likely N-dealkylation sites (N-methyl/N-ethyl adjacent to an activating group) is 1. The molecule has 2 aromatic carbocycles. The van der Waals surface area contributed by atoms with Crippen LogP contribution in [0.3, 0.4) is 0 Å². The molecule has 2 aromatic heterocycles. The summed E-state index contributed by atoms with van der Waals surface area (Å²) >= 11 is 0.